The first-order valence-electron chi connectivity index (χ1n) is 11.4. The fourth-order valence-corrected chi connectivity index (χ4v) is 3.45. The third-order valence-corrected chi connectivity index (χ3v) is 5.53. The van der Waals surface area contributed by atoms with Crippen LogP contribution in [0.15, 0.2) is 24.3 Å². The fourth-order valence-electron chi connectivity index (χ4n) is 3.45. The van der Waals surface area contributed by atoms with Gasteiger partial charge in [-0.3, -0.25) is 9.59 Å². The average molecular weight is 450 g/mol. The predicted octanol–water partition coefficient (Wildman–Crippen LogP) is 3.72. The van der Waals surface area contributed by atoms with E-state index in [9.17, 15) is 24.6 Å². The summed E-state index contributed by atoms with van der Waals surface area (Å²) >= 11 is 0. The fraction of sp³-hybridized carbons (Fsp3) is 0.640. The summed E-state index contributed by atoms with van der Waals surface area (Å²) in [7, 11) is 0. The molecule has 0 spiro atoms. The highest BCUT2D eigenvalue weighted by molar-refractivity contribution is 6.01. The molecule has 0 bridgehead atoms. The number of benzene rings is 1. The van der Waals surface area contributed by atoms with E-state index in [4.69, 9.17) is 4.74 Å². The van der Waals surface area contributed by atoms with E-state index >= 15 is 0 Å². The lowest BCUT2D eigenvalue weighted by molar-refractivity contribution is -0.159. The Kier molecular flexibility index (Phi) is 10.5. The highest BCUT2D eigenvalue weighted by Gasteiger charge is 2.33. The van der Waals surface area contributed by atoms with E-state index in [1.54, 1.807) is 26.0 Å². The van der Waals surface area contributed by atoms with Gasteiger partial charge in [0.15, 0.2) is 5.78 Å². The molecule has 0 radical (unpaired) electrons. The lowest BCUT2D eigenvalue weighted by Crippen LogP contribution is -2.51. The third kappa shape index (κ3) is 8.36. The molecule has 0 heterocycles. The van der Waals surface area contributed by atoms with Gasteiger partial charge in [0.05, 0.1) is 6.61 Å². The van der Waals surface area contributed by atoms with Crippen LogP contribution in [0.4, 0.5) is 0 Å². The number of ketones is 1. The third-order valence-electron chi connectivity index (χ3n) is 5.53. The molecule has 3 N–H and O–H groups in total. The second kappa shape index (κ2) is 12.1. The molecular weight excluding hydrogens is 410 g/mol. The summed E-state index contributed by atoms with van der Waals surface area (Å²) in [5.74, 6) is -0.820. The number of Topliss-reactive ketones (excluding diaryl/α,β-unsaturated/α-hetero) is 1. The first-order chi connectivity index (χ1) is 14.8. The van der Waals surface area contributed by atoms with Crippen molar-refractivity contribution in [3.05, 3.63) is 35.4 Å². The molecule has 0 aliphatic carbocycles. The van der Waals surface area contributed by atoms with Crippen molar-refractivity contribution < 1.29 is 29.3 Å². The van der Waals surface area contributed by atoms with Crippen LogP contribution in [0, 0.1) is 5.92 Å². The van der Waals surface area contributed by atoms with Crippen LogP contribution < -0.4 is 5.32 Å². The minimum Gasteiger partial charge on any atom is -0.453 e. The van der Waals surface area contributed by atoms with Crippen molar-refractivity contribution in [1.29, 1.82) is 0 Å². The molecular formula is C25H39NO6. The number of carbonyl (C=O) groups is 3. The molecule has 0 aliphatic rings. The minimum atomic E-state index is -1.50. The highest BCUT2D eigenvalue weighted by atomic mass is 16.6. The van der Waals surface area contributed by atoms with Gasteiger partial charge in [0.25, 0.3) is 0 Å². The first-order valence-corrected chi connectivity index (χ1v) is 11.4. The van der Waals surface area contributed by atoms with E-state index < -0.39 is 35.6 Å². The Balaban J connectivity index is 2.76. The Morgan fingerprint density at radius 3 is 2.09 bits per heavy atom. The summed E-state index contributed by atoms with van der Waals surface area (Å²) in [5, 5.41) is 22.3. The van der Waals surface area contributed by atoms with Gasteiger partial charge in [-0.2, -0.15) is 0 Å². The minimum absolute atomic E-state index is 0.212. The standard InChI is InChI=1S/C25H39NO6/c1-7-9-17(8-2)10-15-21(28)26-24(3,4)23(30)32-20(16-27)18-11-13-19(14-12-18)22(29)25(5,6)31/h11-14,17,20,27,31H,7-10,15-16H2,1-6H3,(H,26,28). The lowest BCUT2D eigenvalue weighted by atomic mass is 9.95. The second-order valence-electron chi connectivity index (χ2n) is 9.36. The molecule has 180 valence electrons. The van der Waals surface area contributed by atoms with Crippen LogP contribution in [-0.4, -0.2) is 45.6 Å². The van der Waals surface area contributed by atoms with Gasteiger partial charge in [0.2, 0.25) is 5.91 Å². The van der Waals surface area contributed by atoms with E-state index in [-0.39, 0.29) is 5.91 Å². The van der Waals surface area contributed by atoms with Crippen molar-refractivity contribution in [1.82, 2.24) is 5.32 Å². The number of hydrogen-bond donors (Lipinski definition) is 3. The number of hydrogen-bond acceptors (Lipinski definition) is 6. The summed E-state index contributed by atoms with van der Waals surface area (Å²) in [6, 6.07) is 6.16. The average Bonchev–Trinajstić information content (AvgIpc) is 2.73. The Labute approximate surface area is 191 Å². The van der Waals surface area contributed by atoms with Crippen molar-refractivity contribution in [2.75, 3.05) is 6.61 Å². The molecule has 1 aromatic rings. The number of carbonyl (C=O) groups excluding carboxylic acids is 3. The Bertz CT molecular complexity index is 764. The maximum absolute atomic E-state index is 12.7. The van der Waals surface area contributed by atoms with E-state index in [1.165, 1.54) is 26.0 Å². The monoisotopic (exact) mass is 449 g/mol. The number of amides is 1. The topological polar surface area (TPSA) is 113 Å². The molecule has 7 heteroatoms. The largest absolute Gasteiger partial charge is 0.453 e. The predicted molar refractivity (Wildman–Crippen MR) is 123 cm³/mol. The number of aliphatic hydroxyl groups is 2. The van der Waals surface area contributed by atoms with Gasteiger partial charge in [-0.05, 0) is 45.6 Å². The summed E-state index contributed by atoms with van der Waals surface area (Å²) in [6.45, 7) is 9.73. The van der Waals surface area contributed by atoms with Crippen LogP contribution in [0.2, 0.25) is 0 Å². The van der Waals surface area contributed by atoms with E-state index in [2.05, 4.69) is 19.2 Å². The van der Waals surface area contributed by atoms with Crippen molar-refractivity contribution in [3.8, 4) is 0 Å². The molecule has 0 fully saturated rings. The maximum Gasteiger partial charge on any atom is 0.331 e. The molecule has 1 aromatic carbocycles. The Morgan fingerprint density at radius 2 is 1.62 bits per heavy atom. The summed E-state index contributed by atoms with van der Waals surface area (Å²) < 4.78 is 5.47. The highest BCUT2D eigenvalue weighted by Crippen LogP contribution is 2.23. The molecule has 0 aromatic heterocycles. The van der Waals surface area contributed by atoms with Crippen LogP contribution in [0.25, 0.3) is 0 Å². The van der Waals surface area contributed by atoms with E-state index in [0.29, 0.717) is 23.5 Å². The summed E-state index contributed by atoms with van der Waals surface area (Å²) in [5.41, 5.74) is -1.94. The Morgan fingerprint density at radius 1 is 1.03 bits per heavy atom. The number of nitrogens with one attached hydrogen (secondary N) is 1. The molecule has 0 saturated heterocycles. The normalized spacial score (nSPS) is 13.9. The van der Waals surface area contributed by atoms with Gasteiger partial charge in [-0.1, -0.05) is 57.4 Å². The van der Waals surface area contributed by atoms with E-state index in [0.717, 1.165) is 25.7 Å². The van der Waals surface area contributed by atoms with Gasteiger partial charge in [0.1, 0.15) is 17.2 Å². The van der Waals surface area contributed by atoms with Gasteiger partial charge in [-0.25, -0.2) is 4.79 Å². The van der Waals surface area contributed by atoms with Crippen LogP contribution in [0.3, 0.4) is 0 Å². The van der Waals surface area contributed by atoms with Gasteiger partial charge in [-0.15, -0.1) is 0 Å². The molecule has 1 amide bonds. The van der Waals surface area contributed by atoms with Crippen molar-refractivity contribution in [3.63, 3.8) is 0 Å². The summed E-state index contributed by atoms with van der Waals surface area (Å²) in [4.78, 5) is 37.2. The molecule has 7 nitrogen and oxygen atoms in total. The first kappa shape index (κ1) is 27.8. The number of ether oxygens (including phenoxy) is 1. The lowest BCUT2D eigenvalue weighted by Gasteiger charge is -2.27. The number of esters is 1. The SMILES string of the molecule is CCCC(CC)CCC(=O)NC(C)(C)C(=O)OC(CO)c1ccc(C(=O)C(C)(C)O)cc1. The van der Waals surface area contributed by atoms with Gasteiger partial charge in [0, 0.05) is 12.0 Å². The molecule has 1 rings (SSSR count). The summed E-state index contributed by atoms with van der Waals surface area (Å²) in [6.07, 6.45) is 3.34. The second-order valence-corrected chi connectivity index (χ2v) is 9.36. The van der Waals surface area contributed by atoms with Crippen LogP contribution in [0.5, 0.6) is 0 Å². The number of aliphatic hydroxyl groups excluding tert-OH is 1. The van der Waals surface area contributed by atoms with Crippen LogP contribution in [0.1, 0.15) is 95.7 Å². The van der Waals surface area contributed by atoms with Crippen molar-refractivity contribution in [2.45, 2.75) is 90.9 Å². The smallest absolute Gasteiger partial charge is 0.331 e. The van der Waals surface area contributed by atoms with E-state index in [1.807, 2.05) is 0 Å². The molecule has 0 aliphatic heterocycles. The van der Waals surface area contributed by atoms with Crippen LogP contribution >= 0.6 is 0 Å². The zero-order chi connectivity index (χ0) is 24.5. The molecule has 2 atom stereocenters. The molecule has 2 unspecified atom stereocenters. The van der Waals surface area contributed by atoms with Crippen molar-refractivity contribution in [2.24, 2.45) is 5.92 Å². The zero-order valence-corrected chi connectivity index (χ0v) is 20.2. The zero-order valence-electron chi connectivity index (χ0n) is 20.2. The quantitative estimate of drug-likeness (QED) is 0.312. The molecule has 0 saturated carbocycles. The molecule has 32 heavy (non-hydrogen) atoms. The maximum atomic E-state index is 12.7. The number of rotatable bonds is 13. The van der Waals surface area contributed by atoms with Crippen molar-refractivity contribution >= 4 is 17.7 Å². The Hall–Kier alpha value is -2.25. The van der Waals surface area contributed by atoms with Gasteiger partial charge < -0.3 is 20.3 Å². The van der Waals surface area contributed by atoms with Crippen LogP contribution in [-0.2, 0) is 14.3 Å². The van der Waals surface area contributed by atoms with Gasteiger partial charge >= 0.3 is 5.97 Å².